The van der Waals surface area contributed by atoms with Crippen molar-refractivity contribution in [2.45, 2.75) is 56.7 Å². The second-order valence-corrected chi connectivity index (χ2v) is 8.65. The minimum Gasteiger partial charge on any atom is -0.488 e. The Morgan fingerprint density at radius 2 is 1.93 bits per heavy atom. The Hall–Kier alpha value is -2.11. The normalized spacial score (nSPS) is 26.2. The number of aromatic nitrogens is 3. The average molecular weight is 398 g/mol. The number of fused-ring (bicyclic) bond motifs is 3. The molecule has 0 saturated heterocycles. The van der Waals surface area contributed by atoms with E-state index in [4.69, 9.17) is 21.1 Å². The number of benzene rings is 1. The molecule has 0 unspecified atom stereocenters. The Bertz CT molecular complexity index is 1040. The first kappa shape index (κ1) is 18.0. The highest BCUT2D eigenvalue weighted by Crippen LogP contribution is 2.58. The lowest BCUT2D eigenvalue weighted by atomic mass is 9.83. The van der Waals surface area contributed by atoms with E-state index in [2.05, 4.69) is 20.8 Å². The molecule has 2 aliphatic rings. The number of hydrogen-bond donors (Lipinski definition) is 0. The zero-order chi connectivity index (χ0) is 19.4. The van der Waals surface area contributed by atoms with E-state index in [0.29, 0.717) is 11.6 Å². The van der Waals surface area contributed by atoms with Crippen molar-refractivity contribution in [3.8, 4) is 5.75 Å². The smallest absolute Gasteiger partial charge is 0.167 e. The molecule has 5 nitrogen and oxygen atoms in total. The van der Waals surface area contributed by atoms with E-state index in [-0.39, 0.29) is 11.0 Å². The summed E-state index contributed by atoms with van der Waals surface area (Å²) in [5.41, 5.74) is 2.96. The monoisotopic (exact) mass is 397 g/mol. The minimum atomic E-state index is 0.0384. The molecule has 0 radical (unpaired) electrons. The molecule has 0 atom stereocenters. The largest absolute Gasteiger partial charge is 0.488 e. The molecule has 6 heteroatoms. The van der Waals surface area contributed by atoms with E-state index in [1.165, 1.54) is 0 Å². The summed E-state index contributed by atoms with van der Waals surface area (Å²) in [6.45, 7) is 2.40. The van der Waals surface area contributed by atoms with Crippen molar-refractivity contribution >= 4 is 17.2 Å². The maximum Gasteiger partial charge on any atom is 0.167 e. The van der Waals surface area contributed by atoms with Crippen LogP contribution in [0.25, 0.3) is 5.65 Å². The highest BCUT2D eigenvalue weighted by molar-refractivity contribution is 6.31. The van der Waals surface area contributed by atoms with Gasteiger partial charge in [0.25, 0.3) is 0 Å². The maximum absolute atomic E-state index is 6.21. The molecule has 3 aromatic rings. The summed E-state index contributed by atoms with van der Waals surface area (Å²) in [6, 6.07) is 9.82. The van der Waals surface area contributed by atoms with Gasteiger partial charge in [0.2, 0.25) is 0 Å². The molecule has 2 bridgehead atoms. The number of ether oxygens (including phenoxy) is 2. The number of nitrogens with zero attached hydrogens (tertiary/aromatic N) is 3. The number of rotatable bonds is 5. The second kappa shape index (κ2) is 6.46. The van der Waals surface area contributed by atoms with Gasteiger partial charge in [0.05, 0.1) is 5.60 Å². The van der Waals surface area contributed by atoms with Crippen molar-refractivity contribution in [2.75, 3.05) is 7.11 Å². The molecule has 0 aliphatic heterocycles. The average Bonchev–Trinajstić information content (AvgIpc) is 3.41. The molecule has 2 aromatic heterocycles. The highest BCUT2D eigenvalue weighted by atomic mass is 35.5. The fraction of sp³-hybridized carbons (Fsp3) is 0.455. The van der Waals surface area contributed by atoms with Gasteiger partial charge in [0.1, 0.15) is 18.2 Å². The molecule has 2 aliphatic carbocycles. The maximum atomic E-state index is 6.21. The number of methoxy groups -OCH3 is 1. The van der Waals surface area contributed by atoms with Crippen LogP contribution in [-0.4, -0.2) is 27.3 Å². The first-order chi connectivity index (χ1) is 13.6. The molecular formula is C22H24ClN3O2. The summed E-state index contributed by atoms with van der Waals surface area (Å²) >= 11 is 6.21. The molecule has 5 rings (SSSR count). The van der Waals surface area contributed by atoms with Gasteiger partial charge in [-0.05, 0) is 57.2 Å². The lowest BCUT2D eigenvalue weighted by Crippen LogP contribution is -2.24. The van der Waals surface area contributed by atoms with Gasteiger partial charge in [-0.3, -0.25) is 4.40 Å². The summed E-state index contributed by atoms with van der Waals surface area (Å²) in [5.74, 6) is 1.86. The minimum absolute atomic E-state index is 0.0384. The summed E-state index contributed by atoms with van der Waals surface area (Å²) in [7, 11) is 1.84. The molecule has 28 heavy (non-hydrogen) atoms. The number of pyridine rings is 1. The third kappa shape index (κ3) is 2.64. The van der Waals surface area contributed by atoms with Gasteiger partial charge in [-0.15, -0.1) is 10.2 Å². The van der Waals surface area contributed by atoms with Gasteiger partial charge < -0.3 is 9.47 Å². The standard InChI is InChI=1S/C22H24ClN3O2/c1-15-17(23)6-3-7-18(15)28-13-16-5-4-12-26-19(16)24-25-20(26)21-8-10-22(14-21,27-2)11-9-21/h3-7,12H,8-11,13-14H2,1-2H3. The van der Waals surface area contributed by atoms with Gasteiger partial charge in [-0.1, -0.05) is 23.7 Å². The van der Waals surface area contributed by atoms with Gasteiger partial charge in [-0.2, -0.15) is 0 Å². The first-order valence-electron chi connectivity index (χ1n) is 9.82. The van der Waals surface area contributed by atoms with E-state index < -0.39 is 0 Å². The number of halogens is 1. The van der Waals surface area contributed by atoms with Crippen LogP contribution in [0.5, 0.6) is 5.75 Å². The Balaban J connectivity index is 1.46. The van der Waals surface area contributed by atoms with Crippen LogP contribution in [0.2, 0.25) is 5.02 Å². The van der Waals surface area contributed by atoms with Crippen molar-refractivity contribution < 1.29 is 9.47 Å². The first-order valence-corrected chi connectivity index (χ1v) is 10.2. The summed E-state index contributed by atoms with van der Waals surface area (Å²) in [5, 5.41) is 9.89. The van der Waals surface area contributed by atoms with Crippen LogP contribution >= 0.6 is 11.6 Å². The zero-order valence-electron chi connectivity index (χ0n) is 16.2. The SMILES string of the molecule is COC12CCC(c3nnc4c(COc5cccc(Cl)c5C)cccn34)(CC1)C2. The van der Waals surface area contributed by atoms with Gasteiger partial charge in [0, 0.05) is 34.9 Å². The Morgan fingerprint density at radius 3 is 2.68 bits per heavy atom. The van der Waals surface area contributed by atoms with Crippen LogP contribution in [0, 0.1) is 6.92 Å². The molecule has 2 saturated carbocycles. The van der Waals surface area contributed by atoms with Crippen molar-refractivity contribution in [3.05, 3.63) is 58.5 Å². The molecule has 0 amide bonds. The van der Waals surface area contributed by atoms with E-state index >= 15 is 0 Å². The van der Waals surface area contributed by atoms with Crippen LogP contribution < -0.4 is 4.74 Å². The van der Waals surface area contributed by atoms with Crippen molar-refractivity contribution in [1.29, 1.82) is 0 Å². The fourth-order valence-electron chi connectivity index (χ4n) is 5.08. The molecule has 1 aromatic carbocycles. The van der Waals surface area contributed by atoms with Gasteiger partial charge in [0.15, 0.2) is 5.65 Å². The molecule has 146 valence electrons. The Kier molecular flexibility index (Phi) is 4.14. The molecule has 2 heterocycles. The lowest BCUT2D eigenvalue weighted by Gasteiger charge is -2.25. The van der Waals surface area contributed by atoms with Crippen LogP contribution in [-0.2, 0) is 16.8 Å². The quantitative estimate of drug-likeness (QED) is 0.616. The van der Waals surface area contributed by atoms with Gasteiger partial charge >= 0.3 is 0 Å². The number of hydrogen-bond acceptors (Lipinski definition) is 4. The van der Waals surface area contributed by atoms with E-state index in [1.807, 2.05) is 44.4 Å². The lowest BCUT2D eigenvalue weighted by molar-refractivity contribution is -0.000310. The van der Waals surface area contributed by atoms with E-state index in [1.54, 1.807) is 0 Å². The molecule has 2 fully saturated rings. The van der Waals surface area contributed by atoms with Crippen molar-refractivity contribution in [3.63, 3.8) is 0 Å². The Morgan fingerprint density at radius 1 is 1.11 bits per heavy atom. The predicted octanol–water partition coefficient (Wildman–Crippen LogP) is 4.87. The summed E-state index contributed by atoms with van der Waals surface area (Å²) in [6.07, 6.45) is 7.55. The topological polar surface area (TPSA) is 48.7 Å². The van der Waals surface area contributed by atoms with Gasteiger partial charge in [-0.25, -0.2) is 0 Å². The van der Waals surface area contributed by atoms with Crippen LogP contribution in [0.15, 0.2) is 36.5 Å². The molecule has 0 N–H and O–H groups in total. The third-order valence-corrected chi connectivity index (χ3v) is 7.21. The Labute approximate surface area is 169 Å². The van der Waals surface area contributed by atoms with E-state index in [9.17, 15) is 0 Å². The predicted molar refractivity (Wildman–Crippen MR) is 108 cm³/mol. The molecular weight excluding hydrogens is 374 g/mol. The van der Waals surface area contributed by atoms with Crippen molar-refractivity contribution in [2.24, 2.45) is 0 Å². The summed E-state index contributed by atoms with van der Waals surface area (Å²) < 4.78 is 14.1. The van der Waals surface area contributed by atoms with Crippen LogP contribution in [0.1, 0.15) is 49.1 Å². The third-order valence-electron chi connectivity index (χ3n) is 6.80. The second-order valence-electron chi connectivity index (χ2n) is 8.25. The van der Waals surface area contributed by atoms with Crippen LogP contribution in [0.3, 0.4) is 0 Å². The fourth-order valence-corrected chi connectivity index (χ4v) is 5.24. The molecule has 0 spiro atoms. The summed E-state index contributed by atoms with van der Waals surface area (Å²) in [4.78, 5) is 0. The van der Waals surface area contributed by atoms with Crippen LogP contribution in [0.4, 0.5) is 0 Å². The zero-order valence-corrected chi connectivity index (χ0v) is 17.0. The van der Waals surface area contributed by atoms with E-state index in [0.717, 1.165) is 60.5 Å². The van der Waals surface area contributed by atoms with Crippen molar-refractivity contribution in [1.82, 2.24) is 14.6 Å². The highest BCUT2D eigenvalue weighted by Gasteiger charge is 2.57.